The molecule has 53 heavy (non-hydrogen) atoms. The number of likely N-dealkylation sites (tertiary alicyclic amines) is 1. The van der Waals surface area contributed by atoms with E-state index in [-0.39, 0.29) is 36.1 Å². The maximum atomic E-state index is 13.2. The van der Waals surface area contributed by atoms with Gasteiger partial charge in [-0.05, 0) is 90.3 Å². The minimum atomic E-state index is -0.482. The highest BCUT2D eigenvalue weighted by Crippen LogP contribution is 2.40. The minimum absolute atomic E-state index is 0.0720. The fourth-order valence-electron chi connectivity index (χ4n) is 7.20. The third-order valence-corrected chi connectivity index (χ3v) is 10.0. The first-order chi connectivity index (χ1) is 25.5. The summed E-state index contributed by atoms with van der Waals surface area (Å²) in [5.74, 6) is 1.49. The molecular weight excluding hydrogens is 678 g/mol. The average molecular weight is 738 g/mol. The number of hydrogen-bond donors (Lipinski definition) is 2. The molecule has 3 aliphatic rings. The topological polar surface area (TPSA) is 148 Å². The van der Waals surface area contributed by atoms with Gasteiger partial charge in [0.2, 0.25) is 11.9 Å². The second kappa shape index (κ2) is 18.7. The zero-order chi connectivity index (χ0) is 38.0. The van der Waals surface area contributed by atoms with E-state index in [1.165, 1.54) is 0 Å². The third kappa shape index (κ3) is 10.7. The molecule has 0 radical (unpaired) electrons. The quantitative estimate of drug-likeness (QED) is 0.194. The Labute approximate surface area is 314 Å². The van der Waals surface area contributed by atoms with E-state index in [4.69, 9.17) is 23.9 Å². The lowest BCUT2D eigenvalue weighted by Crippen LogP contribution is -2.55. The molecule has 0 spiro atoms. The van der Waals surface area contributed by atoms with Gasteiger partial charge in [0.25, 0.3) is 5.91 Å². The van der Waals surface area contributed by atoms with Gasteiger partial charge in [-0.3, -0.25) is 9.59 Å². The second-order valence-electron chi connectivity index (χ2n) is 15.1. The van der Waals surface area contributed by atoms with Gasteiger partial charge in [-0.15, -0.1) is 0 Å². The smallest absolute Gasteiger partial charge is 0.410 e. The lowest BCUT2D eigenvalue weighted by Gasteiger charge is -2.43. The molecule has 1 unspecified atom stereocenters. The van der Waals surface area contributed by atoms with E-state index in [9.17, 15) is 14.4 Å². The molecule has 0 bridgehead atoms. The Morgan fingerprint density at radius 1 is 1.00 bits per heavy atom. The lowest BCUT2D eigenvalue weighted by atomic mass is 10.0. The van der Waals surface area contributed by atoms with Crippen LogP contribution >= 0.6 is 0 Å². The number of carbonyl (C=O) groups is 3. The monoisotopic (exact) mass is 737 g/mol. The first-order valence-electron chi connectivity index (χ1n) is 19.3. The van der Waals surface area contributed by atoms with Crippen LogP contribution in [-0.2, 0) is 19.0 Å². The Morgan fingerprint density at radius 3 is 2.43 bits per heavy atom. The summed E-state index contributed by atoms with van der Waals surface area (Å²) >= 11 is 0. The van der Waals surface area contributed by atoms with Crippen molar-refractivity contribution < 1.29 is 33.3 Å². The van der Waals surface area contributed by atoms with Crippen molar-refractivity contribution in [2.24, 2.45) is 0 Å². The third-order valence-electron chi connectivity index (χ3n) is 10.0. The van der Waals surface area contributed by atoms with Gasteiger partial charge in [-0.25, -0.2) is 9.78 Å². The summed E-state index contributed by atoms with van der Waals surface area (Å²) in [6.45, 7) is 11.1. The van der Waals surface area contributed by atoms with Gasteiger partial charge in [0, 0.05) is 51.5 Å². The van der Waals surface area contributed by atoms with Crippen LogP contribution in [0.4, 0.5) is 27.9 Å². The summed E-state index contributed by atoms with van der Waals surface area (Å²) in [7, 11) is 3.34. The van der Waals surface area contributed by atoms with Crippen LogP contribution in [0.5, 0.6) is 5.75 Å². The van der Waals surface area contributed by atoms with Gasteiger partial charge in [0.15, 0.2) is 5.82 Å². The van der Waals surface area contributed by atoms with Crippen molar-refractivity contribution in [3.05, 3.63) is 30.0 Å². The van der Waals surface area contributed by atoms with E-state index in [1.54, 1.807) is 48.4 Å². The van der Waals surface area contributed by atoms with E-state index in [2.05, 4.69) is 20.5 Å². The van der Waals surface area contributed by atoms with Crippen molar-refractivity contribution in [3.8, 4) is 5.75 Å². The van der Waals surface area contributed by atoms with Crippen molar-refractivity contribution in [2.75, 3.05) is 68.7 Å². The fourth-order valence-corrected chi connectivity index (χ4v) is 7.20. The highest BCUT2D eigenvalue weighted by Gasteiger charge is 2.41. The number of fused-ring (bicyclic) bond motifs is 1. The lowest BCUT2D eigenvalue weighted by molar-refractivity contribution is -0.120. The molecule has 292 valence electrons. The van der Waals surface area contributed by atoms with E-state index < -0.39 is 5.60 Å². The van der Waals surface area contributed by atoms with Gasteiger partial charge in [0.05, 0.1) is 31.7 Å². The molecule has 3 heterocycles. The number of nitrogens with zero attached hydrogens (tertiary/aromatic N) is 5. The zero-order valence-corrected chi connectivity index (χ0v) is 32.4. The molecular formula is C39H59N7O7. The number of aromatic nitrogens is 2. The van der Waals surface area contributed by atoms with Gasteiger partial charge in [0.1, 0.15) is 23.1 Å². The van der Waals surface area contributed by atoms with Crippen molar-refractivity contribution in [3.63, 3.8) is 0 Å². The minimum Gasteiger partial charge on any atom is -0.495 e. The Balaban J connectivity index is 1.00. The molecule has 2 N–H and O–H groups in total. The molecule has 2 aromatic rings. The molecule has 2 aliphatic heterocycles. The number of benzene rings is 1. The standard InChI is InChI=1S/C39H59N7O7/c1-7-31-36(48)44(5)32-26-41-37(43-34(32)46(31)28-13-9-10-14-28)42-30-16-15-27(25-33(30)50-6)35(47)40-19-24-51-22-11-8-12-23-52-29-17-20-45(21-18-29)38(49)53-39(2,3)4/h15-16,25-26,28-29,31H,7-14,17-24H2,1-6H3,(H,40,47)(H,41,42,43). The molecule has 3 amide bonds. The molecule has 1 saturated heterocycles. The van der Waals surface area contributed by atoms with E-state index in [0.717, 1.165) is 63.6 Å². The number of piperidine rings is 1. The second-order valence-corrected chi connectivity index (χ2v) is 15.1. The normalized spacial score (nSPS) is 18.3. The summed E-state index contributed by atoms with van der Waals surface area (Å²) in [6, 6.07) is 5.22. The largest absolute Gasteiger partial charge is 0.495 e. The molecule has 5 rings (SSSR count). The number of nitrogens with one attached hydrogen (secondary N) is 2. The van der Waals surface area contributed by atoms with Crippen molar-refractivity contribution in [1.82, 2.24) is 20.2 Å². The average Bonchev–Trinajstić information content (AvgIpc) is 3.68. The predicted molar refractivity (Wildman–Crippen MR) is 204 cm³/mol. The Bertz CT molecular complexity index is 1540. The SMILES string of the molecule is CCC1C(=O)N(C)c2cnc(Nc3ccc(C(=O)NCCOCCCCCOC4CCN(C(=O)OC(C)(C)C)CC4)cc3OC)nc2N1C1CCCC1. The van der Waals surface area contributed by atoms with Crippen LogP contribution in [0.3, 0.4) is 0 Å². The Kier molecular flexibility index (Phi) is 14.1. The maximum Gasteiger partial charge on any atom is 0.410 e. The highest BCUT2D eigenvalue weighted by atomic mass is 16.6. The first-order valence-corrected chi connectivity index (χ1v) is 19.3. The molecule has 1 aromatic carbocycles. The van der Waals surface area contributed by atoms with Gasteiger partial charge < -0.3 is 44.3 Å². The summed E-state index contributed by atoms with van der Waals surface area (Å²) in [5.41, 5.74) is 1.31. The molecule has 2 fully saturated rings. The number of rotatable bonds is 16. The van der Waals surface area contributed by atoms with Gasteiger partial charge >= 0.3 is 6.09 Å². The van der Waals surface area contributed by atoms with Crippen molar-refractivity contribution in [2.45, 2.75) is 116 Å². The summed E-state index contributed by atoms with van der Waals surface area (Å²) in [6.07, 6.45) is 11.2. The van der Waals surface area contributed by atoms with Crippen LogP contribution in [0.2, 0.25) is 0 Å². The van der Waals surface area contributed by atoms with E-state index in [1.807, 2.05) is 27.7 Å². The Hall–Kier alpha value is -4.17. The highest BCUT2D eigenvalue weighted by molar-refractivity contribution is 6.04. The predicted octanol–water partition coefficient (Wildman–Crippen LogP) is 6.07. The number of methoxy groups -OCH3 is 1. The molecule has 14 nitrogen and oxygen atoms in total. The zero-order valence-electron chi connectivity index (χ0n) is 32.4. The molecule has 1 aliphatic carbocycles. The van der Waals surface area contributed by atoms with Gasteiger partial charge in [-0.2, -0.15) is 4.98 Å². The van der Waals surface area contributed by atoms with Crippen LogP contribution < -0.4 is 25.2 Å². The number of carbonyl (C=O) groups excluding carboxylic acids is 3. The van der Waals surface area contributed by atoms with Crippen LogP contribution in [0.25, 0.3) is 0 Å². The number of unbranched alkanes of at least 4 members (excludes halogenated alkanes) is 2. The molecule has 1 saturated carbocycles. The van der Waals surface area contributed by atoms with E-state index >= 15 is 0 Å². The van der Waals surface area contributed by atoms with Crippen LogP contribution in [0.1, 0.15) is 102 Å². The fraction of sp³-hybridized carbons (Fsp3) is 0.667. The van der Waals surface area contributed by atoms with Crippen molar-refractivity contribution in [1.29, 1.82) is 0 Å². The van der Waals surface area contributed by atoms with Crippen molar-refractivity contribution >= 4 is 41.0 Å². The van der Waals surface area contributed by atoms with Crippen LogP contribution in [-0.4, -0.2) is 110 Å². The summed E-state index contributed by atoms with van der Waals surface area (Å²) in [4.78, 5) is 53.5. The number of ether oxygens (including phenoxy) is 4. The Morgan fingerprint density at radius 2 is 1.74 bits per heavy atom. The molecule has 1 aromatic heterocycles. The summed E-state index contributed by atoms with van der Waals surface area (Å²) < 4.78 is 22.9. The molecule has 14 heteroatoms. The van der Waals surface area contributed by atoms with E-state index in [0.29, 0.717) is 74.5 Å². The maximum absolute atomic E-state index is 13.2. The summed E-state index contributed by atoms with van der Waals surface area (Å²) in [5, 5.41) is 6.18. The number of hydrogen-bond acceptors (Lipinski definition) is 11. The number of anilines is 4. The van der Waals surface area contributed by atoms with Crippen LogP contribution in [0, 0.1) is 0 Å². The number of amides is 3. The first kappa shape index (κ1) is 40.0. The van der Waals surface area contributed by atoms with Crippen LogP contribution in [0.15, 0.2) is 24.4 Å². The van der Waals surface area contributed by atoms with Gasteiger partial charge in [-0.1, -0.05) is 19.8 Å². The number of likely N-dealkylation sites (N-methyl/N-ethyl adjacent to an activating group) is 1. The molecule has 1 atom stereocenters.